The fourth-order valence-corrected chi connectivity index (χ4v) is 3.62. The molecule has 0 unspecified atom stereocenters. The normalized spacial score (nSPS) is 12.3. The van der Waals surface area contributed by atoms with E-state index in [-0.39, 0.29) is 29.8 Å². The second-order valence-corrected chi connectivity index (χ2v) is 8.18. The Morgan fingerprint density at radius 3 is 2.59 bits per heavy atom. The number of thiocarbonyl (C=S) groups is 1. The molecule has 11 heteroatoms. The summed E-state index contributed by atoms with van der Waals surface area (Å²) in [6.45, 7) is 0.594. The molecule has 3 rings (SSSR count). The number of rotatable bonds is 7. The van der Waals surface area contributed by atoms with Crippen LogP contribution in [0.2, 0.25) is 0 Å². The first-order valence-electron chi connectivity index (χ1n) is 8.70. The smallest absolute Gasteiger partial charge is 0.240 e. The third-order valence-corrected chi connectivity index (χ3v) is 5.63. The Morgan fingerprint density at radius 2 is 1.79 bits per heavy atom. The van der Waals surface area contributed by atoms with Gasteiger partial charge in [-0.2, -0.15) is 0 Å². The molecule has 1 heterocycles. The molecule has 1 aliphatic heterocycles. The number of carbonyl (C=O) groups is 1. The Morgan fingerprint density at radius 1 is 1.03 bits per heavy atom. The van der Waals surface area contributed by atoms with Gasteiger partial charge in [-0.05, 0) is 42.0 Å². The average molecular weight is 437 g/mol. The van der Waals surface area contributed by atoms with E-state index >= 15 is 0 Å². The molecule has 0 saturated heterocycles. The molecule has 1 amide bonds. The van der Waals surface area contributed by atoms with Crippen LogP contribution in [0.3, 0.4) is 0 Å². The molecule has 0 atom stereocenters. The maximum atomic E-state index is 12.1. The Balaban J connectivity index is 1.34. The number of nitrogens with one attached hydrogen (secondary N) is 4. The summed E-state index contributed by atoms with van der Waals surface area (Å²) in [5.74, 6) is 0.965. The predicted molar refractivity (Wildman–Crippen MR) is 110 cm³/mol. The van der Waals surface area contributed by atoms with Gasteiger partial charge in [0.05, 0.1) is 4.90 Å². The molecule has 154 valence electrons. The highest BCUT2D eigenvalue weighted by atomic mass is 32.2. The highest BCUT2D eigenvalue weighted by molar-refractivity contribution is 7.89. The third-order valence-electron chi connectivity index (χ3n) is 3.90. The van der Waals surface area contributed by atoms with Gasteiger partial charge in [-0.15, -0.1) is 0 Å². The summed E-state index contributed by atoms with van der Waals surface area (Å²) in [6.07, 6.45) is -0.0517. The maximum Gasteiger partial charge on any atom is 0.240 e. The van der Waals surface area contributed by atoms with E-state index in [0.29, 0.717) is 18.0 Å². The molecule has 9 nitrogen and oxygen atoms in total. The lowest BCUT2D eigenvalue weighted by molar-refractivity contribution is -0.121. The van der Waals surface area contributed by atoms with Crippen LogP contribution < -0.4 is 30.4 Å². The van der Waals surface area contributed by atoms with Gasteiger partial charge in [0.2, 0.25) is 22.7 Å². The van der Waals surface area contributed by atoms with E-state index in [0.717, 1.165) is 5.56 Å². The van der Waals surface area contributed by atoms with Crippen molar-refractivity contribution in [3.63, 3.8) is 0 Å². The van der Waals surface area contributed by atoms with Gasteiger partial charge in [-0.3, -0.25) is 15.6 Å². The van der Waals surface area contributed by atoms with E-state index in [1.54, 1.807) is 18.2 Å². The van der Waals surface area contributed by atoms with Gasteiger partial charge in [0.25, 0.3) is 0 Å². The quantitative estimate of drug-likeness (QED) is 0.372. The van der Waals surface area contributed by atoms with Crippen LogP contribution in [0.15, 0.2) is 53.4 Å². The Kier molecular flexibility index (Phi) is 6.86. The summed E-state index contributed by atoms with van der Waals surface area (Å²) in [6, 6.07) is 13.5. The van der Waals surface area contributed by atoms with Crippen molar-refractivity contribution in [2.45, 2.75) is 17.9 Å². The number of amides is 1. The monoisotopic (exact) mass is 436 g/mol. The minimum atomic E-state index is -3.64. The summed E-state index contributed by atoms with van der Waals surface area (Å²) in [4.78, 5) is 12.0. The van der Waals surface area contributed by atoms with Crippen molar-refractivity contribution in [3.05, 3.63) is 54.1 Å². The average Bonchev–Trinajstić information content (AvgIpc) is 3.19. The highest BCUT2D eigenvalue weighted by Gasteiger charge is 2.14. The number of carbonyl (C=O) groups excluding carboxylic acids is 1. The lowest BCUT2D eigenvalue weighted by atomic mass is 10.2. The van der Waals surface area contributed by atoms with E-state index in [1.807, 2.05) is 18.2 Å². The van der Waals surface area contributed by atoms with E-state index in [1.165, 1.54) is 12.1 Å². The molecule has 0 spiro atoms. The Bertz CT molecular complexity index is 983. The second kappa shape index (κ2) is 9.54. The van der Waals surface area contributed by atoms with Gasteiger partial charge in [0, 0.05) is 19.5 Å². The van der Waals surface area contributed by atoms with Crippen LogP contribution in [0, 0.1) is 0 Å². The van der Waals surface area contributed by atoms with Crippen LogP contribution in [-0.2, 0) is 21.4 Å². The standard InChI is InChI=1S/C18H20N4O5S2/c23-17(8-9-20-29(24,25)14-4-2-1-3-5-14)21-22-18(28)19-11-13-6-7-15-16(10-13)27-12-26-15/h1-7,10,20H,8-9,11-12H2,(H,21,23)(H2,19,22,28). The first kappa shape index (κ1) is 20.8. The third kappa shape index (κ3) is 6.04. The molecule has 4 N–H and O–H groups in total. The Labute approximate surface area is 173 Å². The molecule has 0 saturated carbocycles. The first-order chi connectivity index (χ1) is 13.9. The zero-order valence-corrected chi connectivity index (χ0v) is 16.9. The van der Waals surface area contributed by atoms with Gasteiger partial charge in [-0.1, -0.05) is 24.3 Å². The van der Waals surface area contributed by atoms with Crippen molar-refractivity contribution in [1.29, 1.82) is 0 Å². The number of hydrogen-bond donors (Lipinski definition) is 4. The van der Waals surface area contributed by atoms with Crippen LogP contribution in [0.4, 0.5) is 0 Å². The van der Waals surface area contributed by atoms with Crippen molar-refractivity contribution in [2.75, 3.05) is 13.3 Å². The van der Waals surface area contributed by atoms with Crippen molar-refractivity contribution < 1.29 is 22.7 Å². The largest absolute Gasteiger partial charge is 0.454 e. The van der Waals surface area contributed by atoms with Crippen LogP contribution in [0.5, 0.6) is 11.5 Å². The summed E-state index contributed by atoms with van der Waals surface area (Å²) >= 11 is 5.10. The number of sulfonamides is 1. The number of hydrazine groups is 1. The summed E-state index contributed by atoms with van der Waals surface area (Å²) in [5, 5.41) is 3.17. The molecular formula is C18H20N4O5S2. The first-order valence-corrected chi connectivity index (χ1v) is 10.6. The molecule has 0 radical (unpaired) electrons. The molecule has 0 aromatic heterocycles. The van der Waals surface area contributed by atoms with Crippen molar-refractivity contribution >= 4 is 33.3 Å². The van der Waals surface area contributed by atoms with Gasteiger partial charge < -0.3 is 14.8 Å². The Hall–Kier alpha value is -2.89. The zero-order valence-electron chi connectivity index (χ0n) is 15.3. The van der Waals surface area contributed by atoms with Gasteiger partial charge in [-0.25, -0.2) is 13.1 Å². The summed E-state index contributed by atoms with van der Waals surface area (Å²) in [5.41, 5.74) is 5.92. The van der Waals surface area contributed by atoms with Gasteiger partial charge in [0.1, 0.15) is 0 Å². The van der Waals surface area contributed by atoms with Gasteiger partial charge in [0.15, 0.2) is 16.6 Å². The van der Waals surface area contributed by atoms with Crippen LogP contribution >= 0.6 is 12.2 Å². The fraction of sp³-hybridized carbons (Fsp3) is 0.222. The summed E-state index contributed by atoms with van der Waals surface area (Å²) in [7, 11) is -3.64. The summed E-state index contributed by atoms with van der Waals surface area (Å²) < 4.78 is 37.1. The van der Waals surface area contributed by atoms with E-state index < -0.39 is 15.9 Å². The molecule has 29 heavy (non-hydrogen) atoms. The minimum absolute atomic E-state index is 0.0396. The van der Waals surface area contributed by atoms with Crippen molar-refractivity contribution in [3.8, 4) is 11.5 Å². The SMILES string of the molecule is O=C(CCNS(=O)(=O)c1ccccc1)NNC(=S)NCc1ccc2c(c1)OCO2. The van der Waals surface area contributed by atoms with E-state index in [2.05, 4.69) is 20.9 Å². The fourth-order valence-electron chi connectivity index (χ4n) is 2.45. The predicted octanol–water partition coefficient (Wildman–Crippen LogP) is 0.779. The van der Waals surface area contributed by atoms with Gasteiger partial charge >= 0.3 is 0 Å². The topological polar surface area (TPSA) is 118 Å². The molecule has 0 fully saturated rings. The molecular weight excluding hydrogens is 416 g/mol. The highest BCUT2D eigenvalue weighted by Crippen LogP contribution is 2.32. The lowest BCUT2D eigenvalue weighted by Crippen LogP contribution is -2.47. The number of benzene rings is 2. The minimum Gasteiger partial charge on any atom is -0.454 e. The number of ether oxygens (including phenoxy) is 2. The number of hydrogen-bond acceptors (Lipinski definition) is 6. The van der Waals surface area contributed by atoms with Crippen molar-refractivity contribution in [1.82, 2.24) is 20.9 Å². The second-order valence-electron chi connectivity index (χ2n) is 6.00. The zero-order chi connectivity index (χ0) is 20.7. The van der Waals surface area contributed by atoms with E-state index in [9.17, 15) is 13.2 Å². The molecule has 2 aromatic carbocycles. The molecule has 2 aromatic rings. The maximum absolute atomic E-state index is 12.1. The van der Waals surface area contributed by atoms with E-state index in [4.69, 9.17) is 21.7 Å². The number of fused-ring (bicyclic) bond motifs is 1. The molecule has 0 aliphatic carbocycles. The van der Waals surface area contributed by atoms with Crippen LogP contribution in [-0.4, -0.2) is 32.8 Å². The lowest BCUT2D eigenvalue weighted by Gasteiger charge is -2.12. The molecule has 1 aliphatic rings. The van der Waals surface area contributed by atoms with Crippen LogP contribution in [0.1, 0.15) is 12.0 Å². The van der Waals surface area contributed by atoms with Crippen molar-refractivity contribution in [2.24, 2.45) is 0 Å². The van der Waals surface area contributed by atoms with Crippen LogP contribution in [0.25, 0.3) is 0 Å². The molecule has 0 bridgehead atoms.